The summed E-state index contributed by atoms with van der Waals surface area (Å²) in [6, 6.07) is -0.433. The Kier molecular flexibility index (Phi) is 6.15. The molecule has 0 aromatic carbocycles. The van der Waals surface area contributed by atoms with E-state index in [1.54, 1.807) is 6.20 Å². The summed E-state index contributed by atoms with van der Waals surface area (Å²) in [7, 11) is 0. The van der Waals surface area contributed by atoms with E-state index in [1.807, 2.05) is 19.9 Å². The quantitative estimate of drug-likeness (QED) is 0.640. The largest absolute Gasteiger partial charge is 0.480 e. The minimum absolute atomic E-state index is 0.433. The molecule has 0 aromatic rings. The highest BCUT2D eigenvalue weighted by molar-refractivity contribution is 5.73. The van der Waals surface area contributed by atoms with Crippen LogP contribution in [0.5, 0.6) is 0 Å². The lowest BCUT2D eigenvalue weighted by Gasteiger charge is -2.10. The summed E-state index contributed by atoms with van der Waals surface area (Å²) in [5, 5.41) is 11.5. The summed E-state index contributed by atoms with van der Waals surface area (Å²) in [6.45, 7) is 3.98. The summed E-state index contributed by atoms with van der Waals surface area (Å²) in [5.74, 6) is -0.780. The van der Waals surface area contributed by atoms with Crippen LogP contribution in [-0.4, -0.2) is 17.1 Å². The van der Waals surface area contributed by atoms with Gasteiger partial charge in [0.15, 0.2) is 0 Å². The molecular weight excluding hydrogens is 154 g/mol. The number of carbonyl (C=O) groups is 1. The van der Waals surface area contributed by atoms with E-state index in [9.17, 15) is 4.79 Å². The van der Waals surface area contributed by atoms with E-state index in [4.69, 9.17) is 5.11 Å². The normalized spacial score (nSPS) is 13.2. The molecule has 0 rings (SSSR count). The molecular formula is C9H17NO2. The number of carboxylic acid groups (broad SMARTS) is 1. The van der Waals surface area contributed by atoms with Crippen LogP contribution >= 0.6 is 0 Å². The molecule has 0 fully saturated rings. The first-order valence-electron chi connectivity index (χ1n) is 4.36. The molecule has 0 bridgehead atoms. The summed E-state index contributed by atoms with van der Waals surface area (Å²) in [4.78, 5) is 10.6. The summed E-state index contributed by atoms with van der Waals surface area (Å²) in [6.07, 6.45) is 6.10. The summed E-state index contributed by atoms with van der Waals surface area (Å²) >= 11 is 0. The standard InChI is InChI=1S/C9H17NO2/c1-3-5-7-10-8(6-4-2)9(11)12/h5,7-8,10H,3-4,6H2,1-2H3,(H,11,12)/b7-5+. The zero-order valence-electron chi connectivity index (χ0n) is 7.71. The Bertz CT molecular complexity index is 155. The van der Waals surface area contributed by atoms with Gasteiger partial charge in [0.2, 0.25) is 0 Å². The van der Waals surface area contributed by atoms with Crippen LogP contribution in [0.25, 0.3) is 0 Å². The van der Waals surface area contributed by atoms with Crippen molar-refractivity contribution in [2.75, 3.05) is 0 Å². The van der Waals surface area contributed by atoms with Crippen molar-refractivity contribution in [3.05, 3.63) is 12.3 Å². The molecule has 1 atom stereocenters. The fourth-order valence-corrected chi connectivity index (χ4v) is 0.869. The van der Waals surface area contributed by atoms with Crippen LogP contribution in [0.3, 0.4) is 0 Å². The first-order chi connectivity index (χ1) is 5.72. The summed E-state index contributed by atoms with van der Waals surface area (Å²) in [5.41, 5.74) is 0. The second-order valence-electron chi connectivity index (χ2n) is 2.66. The Hall–Kier alpha value is -0.990. The van der Waals surface area contributed by atoms with Crippen LogP contribution in [0.1, 0.15) is 33.1 Å². The van der Waals surface area contributed by atoms with Crippen molar-refractivity contribution < 1.29 is 9.90 Å². The molecule has 0 heterocycles. The third-order valence-corrected chi connectivity index (χ3v) is 1.53. The highest BCUT2D eigenvalue weighted by atomic mass is 16.4. The molecule has 70 valence electrons. The molecule has 3 nitrogen and oxygen atoms in total. The zero-order chi connectivity index (χ0) is 9.40. The molecule has 0 radical (unpaired) electrons. The average molecular weight is 171 g/mol. The van der Waals surface area contributed by atoms with Gasteiger partial charge in [-0.15, -0.1) is 0 Å². The maximum absolute atomic E-state index is 10.6. The topological polar surface area (TPSA) is 49.3 Å². The van der Waals surface area contributed by atoms with Gasteiger partial charge in [-0.1, -0.05) is 26.3 Å². The molecule has 0 saturated carbocycles. The SMILES string of the molecule is CC/C=C/NC(CCC)C(=O)O. The van der Waals surface area contributed by atoms with Gasteiger partial charge in [-0.25, -0.2) is 4.79 Å². The number of aliphatic carboxylic acids is 1. The number of hydrogen-bond donors (Lipinski definition) is 2. The van der Waals surface area contributed by atoms with Crippen molar-refractivity contribution in [2.24, 2.45) is 0 Å². The van der Waals surface area contributed by atoms with E-state index in [-0.39, 0.29) is 0 Å². The van der Waals surface area contributed by atoms with Crippen LogP contribution in [-0.2, 0) is 4.79 Å². The Labute approximate surface area is 73.5 Å². The van der Waals surface area contributed by atoms with Gasteiger partial charge < -0.3 is 10.4 Å². The summed E-state index contributed by atoms with van der Waals surface area (Å²) < 4.78 is 0. The van der Waals surface area contributed by atoms with Gasteiger partial charge >= 0.3 is 5.97 Å². The highest BCUT2D eigenvalue weighted by Crippen LogP contribution is 1.96. The van der Waals surface area contributed by atoms with Crippen LogP contribution < -0.4 is 5.32 Å². The van der Waals surface area contributed by atoms with E-state index < -0.39 is 12.0 Å². The lowest BCUT2D eigenvalue weighted by molar-refractivity contribution is -0.139. The number of hydrogen-bond acceptors (Lipinski definition) is 2. The van der Waals surface area contributed by atoms with Crippen molar-refractivity contribution in [3.8, 4) is 0 Å². The van der Waals surface area contributed by atoms with Gasteiger partial charge in [0, 0.05) is 0 Å². The third kappa shape index (κ3) is 4.77. The van der Waals surface area contributed by atoms with Gasteiger partial charge in [0.25, 0.3) is 0 Å². The molecule has 0 spiro atoms. The third-order valence-electron chi connectivity index (χ3n) is 1.53. The first-order valence-corrected chi connectivity index (χ1v) is 4.36. The molecule has 0 aliphatic heterocycles. The highest BCUT2D eigenvalue weighted by Gasteiger charge is 2.12. The molecule has 0 saturated heterocycles. The monoisotopic (exact) mass is 171 g/mol. The smallest absolute Gasteiger partial charge is 0.326 e. The second kappa shape index (κ2) is 6.70. The number of rotatable bonds is 6. The Morgan fingerprint density at radius 1 is 1.58 bits per heavy atom. The average Bonchev–Trinajstić information content (AvgIpc) is 2.03. The number of carboxylic acids is 1. The van der Waals surface area contributed by atoms with Gasteiger partial charge in [0.1, 0.15) is 6.04 Å². The fraction of sp³-hybridized carbons (Fsp3) is 0.667. The molecule has 2 N–H and O–H groups in total. The molecule has 0 aliphatic carbocycles. The molecule has 3 heteroatoms. The number of allylic oxidation sites excluding steroid dienone is 1. The van der Waals surface area contributed by atoms with E-state index in [2.05, 4.69) is 5.32 Å². The van der Waals surface area contributed by atoms with Crippen molar-refractivity contribution in [1.82, 2.24) is 5.32 Å². The molecule has 12 heavy (non-hydrogen) atoms. The molecule has 0 amide bonds. The Morgan fingerprint density at radius 3 is 2.67 bits per heavy atom. The van der Waals surface area contributed by atoms with Crippen molar-refractivity contribution in [3.63, 3.8) is 0 Å². The first kappa shape index (κ1) is 11.0. The second-order valence-corrected chi connectivity index (χ2v) is 2.66. The Morgan fingerprint density at radius 2 is 2.25 bits per heavy atom. The minimum Gasteiger partial charge on any atom is -0.480 e. The fourth-order valence-electron chi connectivity index (χ4n) is 0.869. The predicted octanol–water partition coefficient (Wildman–Crippen LogP) is 1.75. The van der Waals surface area contributed by atoms with Crippen LogP contribution in [0.15, 0.2) is 12.3 Å². The van der Waals surface area contributed by atoms with Crippen LogP contribution in [0, 0.1) is 0 Å². The van der Waals surface area contributed by atoms with Gasteiger partial charge in [-0.2, -0.15) is 0 Å². The van der Waals surface area contributed by atoms with Crippen molar-refractivity contribution in [1.29, 1.82) is 0 Å². The molecule has 1 unspecified atom stereocenters. The molecule has 0 aromatic heterocycles. The zero-order valence-corrected chi connectivity index (χ0v) is 7.71. The van der Waals surface area contributed by atoms with E-state index in [0.29, 0.717) is 6.42 Å². The van der Waals surface area contributed by atoms with E-state index in [1.165, 1.54) is 0 Å². The van der Waals surface area contributed by atoms with Crippen LogP contribution in [0.2, 0.25) is 0 Å². The minimum atomic E-state index is -0.780. The maximum Gasteiger partial charge on any atom is 0.326 e. The maximum atomic E-state index is 10.6. The van der Waals surface area contributed by atoms with Gasteiger partial charge in [-0.05, 0) is 19.0 Å². The van der Waals surface area contributed by atoms with Crippen molar-refractivity contribution in [2.45, 2.75) is 39.2 Å². The van der Waals surface area contributed by atoms with E-state index in [0.717, 1.165) is 12.8 Å². The van der Waals surface area contributed by atoms with Gasteiger partial charge in [-0.3, -0.25) is 0 Å². The van der Waals surface area contributed by atoms with E-state index >= 15 is 0 Å². The molecule has 0 aliphatic rings. The van der Waals surface area contributed by atoms with Crippen molar-refractivity contribution >= 4 is 5.97 Å². The lowest BCUT2D eigenvalue weighted by atomic mass is 10.2. The van der Waals surface area contributed by atoms with Crippen LogP contribution in [0.4, 0.5) is 0 Å². The predicted molar refractivity (Wildman–Crippen MR) is 48.9 cm³/mol. The Balaban J connectivity index is 3.78. The number of nitrogens with one attached hydrogen (secondary N) is 1. The van der Waals surface area contributed by atoms with Gasteiger partial charge in [0.05, 0.1) is 0 Å². The lowest BCUT2D eigenvalue weighted by Crippen LogP contribution is -2.32.